The van der Waals surface area contributed by atoms with Gasteiger partial charge in [-0.05, 0) is 37.6 Å². The van der Waals surface area contributed by atoms with Gasteiger partial charge in [0.05, 0.1) is 0 Å². The van der Waals surface area contributed by atoms with E-state index in [2.05, 4.69) is 10.6 Å². The summed E-state index contributed by atoms with van der Waals surface area (Å²) < 4.78 is 5.28. The van der Waals surface area contributed by atoms with Gasteiger partial charge < -0.3 is 10.1 Å². The molecule has 1 aromatic carbocycles. The molecule has 1 heterocycles. The predicted molar refractivity (Wildman–Crippen MR) is 67.4 cm³/mol. The number of nitrogens with one attached hydrogen (secondary N) is 2. The van der Waals surface area contributed by atoms with Crippen molar-refractivity contribution in [3.8, 4) is 0 Å². The third-order valence-corrected chi connectivity index (χ3v) is 2.83. The van der Waals surface area contributed by atoms with Crippen LogP contribution in [0.15, 0.2) is 24.3 Å². The zero-order valence-corrected chi connectivity index (χ0v) is 10.2. The Bertz CT molecular complexity index is 392. The first-order valence-corrected chi connectivity index (χ1v) is 6.06. The Morgan fingerprint density at radius 2 is 2.41 bits per heavy atom. The van der Waals surface area contributed by atoms with Crippen LogP contribution in [0.5, 0.6) is 0 Å². The minimum atomic E-state index is -0.430. The molecule has 4 nitrogen and oxygen atoms in total. The van der Waals surface area contributed by atoms with Crippen molar-refractivity contribution in [2.45, 2.75) is 18.9 Å². The molecule has 1 unspecified atom stereocenters. The molecule has 2 N–H and O–H groups in total. The Kier molecular flexibility index (Phi) is 4.23. The van der Waals surface area contributed by atoms with E-state index in [0.29, 0.717) is 10.7 Å². The Morgan fingerprint density at radius 3 is 3.12 bits per heavy atom. The van der Waals surface area contributed by atoms with Crippen LogP contribution in [-0.2, 0) is 4.74 Å². The van der Waals surface area contributed by atoms with Gasteiger partial charge in [0.25, 0.3) is 0 Å². The molecule has 0 spiro atoms. The molecular weight excluding hydrogens is 240 g/mol. The highest BCUT2D eigenvalue weighted by molar-refractivity contribution is 6.30. The Morgan fingerprint density at radius 1 is 1.53 bits per heavy atom. The van der Waals surface area contributed by atoms with E-state index in [4.69, 9.17) is 16.3 Å². The molecule has 0 bridgehead atoms. The van der Waals surface area contributed by atoms with Gasteiger partial charge in [0, 0.05) is 17.3 Å². The SMILES string of the molecule is O=C(Nc1cccc(Cl)c1)OC1CCCNC1. The molecule has 1 aliphatic rings. The minimum Gasteiger partial charge on any atom is -0.445 e. The topological polar surface area (TPSA) is 50.4 Å². The van der Waals surface area contributed by atoms with Crippen LogP contribution < -0.4 is 10.6 Å². The van der Waals surface area contributed by atoms with E-state index < -0.39 is 6.09 Å². The number of carbonyl (C=O) groups is 1. The monoisotopic (exact) mass is 254 g/mol. The third-order valence-electron chi connectivity index (χ3n) is 2.60. The van der Waals surface area contributed by atoms with E-state index in [0.717, 1.165) is 25.9 Å². The first-order chi connectivity index (χ1) is 8.24. The van der Waals surface area contributed by atoms with Crippen molar-refractivity contribution in [1.29, 1.82) is 0 Å². The normalized spacial score (nSPS) is 19.7. The van der Waals surface area contributed by atoms with Crippen molar-refractivity contribution in [3.63, 3.8) is 0 Å². The number of hydrogen-bond donors (Lipinski definition) is 2. The van der Waals surface area contributed by atoms with Gasteiger partial charge in [-0.2, -0.15) is 0 Å². The summed E-state index contributed by atoms with van der Waals surface area (Å²) in [7, 11) is 0. The molecule has 1 aliphatic heterocycles. The Balaban J connectivity index is 1.84. The van der Waals surface area contributed by atoms with E-state index in [1.165, 1.54) is 0 Å². The van der Waals surface area contributed by atoms with E-state index in [1.807, 2.05) is 0 Å². The number of halogens is 1. The van der Waals surface area contributed by atoms with E-state index in [9.17, 15) is 4.79 Å². The lowest BCUT2D eigenvalue weighted by Crippen LogP contribution is -2.37. The van der Waals surface area contributed by atoms with Gasteiger partial charge in [-0.3, -0.25) is 5.32 Å². The summed E-state index contributed by atoms with van der Waals surface area (Å²) in [5.41, 5.74) is 0.645. The molecule has 0 radical (unpaired) electrons. The second kappa shape index (κ2) is 5.89. The number of hydrogen-bond acceptors (Lipinski definition) is 3. The molecule has 17 heavy (non-hydrogen) atoms. The van der Waals surface area contributed by atoms with E-state index in [1.54, 1.807) is 24.3 Å². The molecule has 1 amide bonds. The van der Waals surface area contributed by atoms with Crippen LogP contribution in [-0.4, -0.2) is 25.3 Å². The van der Waals surface area contributed by atoms with Crippen molar-refractivity contribution < 1.29 is 9.53 Å². The summed E-state index contributed by atoms with van der Waals surface area (Å²) >= 11 is 5.82. The maximum Gasteiger partial charge on any atom is 0.411 e. The van der Waals surface area contributed by atoms with E-state index in [-0.39, 0.29) is 6.10 Å². The predicted octanol–water partition coefficient (Wildman–Crippen LogP) is 2.64. The Hall–Kier alpha value is -1.26. The highest BCUT2D eigenvalue weighted by atomic mass is 35.5. The fraction of sp³-hybridized carbons (Fsp3) is 0.417. The fourth-order valence-electron chi connectivity index (χ4n) is 1.79. The van der Waals surface area contributed by atoms with Gasteiger partial charge in [-0.15, -0.1) is 0 Å². The molecule has 1 atom stereocenters. The number of ether oxygens (including phenoxy) is 1. The molecule has 0 aliphatic carbocycles. The molecular formula is C12H15ClN2O2. The third kappa shape index (κ3) is 3.91. The van der Waals surface area contributed by atoms with Gasteiger partial charge in [-0.25, -0.2) is 4.79 Å². The molecule has 0 aromatic heterocycles. The molecule has 92 valence electrons. The smallest absolute Gasteiger partial charge is 0.411 e. The maximum atomic E-state index is 11.6. The summed E-state index contributed by atoms with van der Waals surface area (Å²) in [5, 5.41) is 6.43. The van der Waals surface area contributed by atoms with Crippen LogP contribution in [0.3, 0.4) is 0 Å². The van der Waals surface area contributed by atoms with Gasteiger partial charge in [0.1, 0.15) is 6.10 Å². The van der Waals surface area contributed by atoms with Crippen LogP contribution in [0.1, 0.15) is 12.8 Å². The quantitative estimate of drug-likeness (QED) is 0.853. The average molecular weight is 255 g/mol. The van der Waals surface area contributed by atoms with Gasteiger partial charge in [0.2, 0.25) is 0 Å². The number of amides is 1. The molecule has 1 fully saturated rings. The number of rotatable bonds is 2. The van der Waals surface area contributed by atoms with Gasteiger partial charge in [-0.1, -0.05) is 17.7 Å². The largest absolute Gasteiger partial charge is 0.445 e. The standard InChI is InChI=1S/C12H15ClN2O2/c13-9-3-1-4-10(7-9)15-12(16)17-11-5-2-6-14-8-11/h1,3-4,7,11,14H,2,5-6,8H2,(H,15,16). The summed E-state index contributed by atoms with van der Waals surface area (Å²) in [6.07, 6.45) is 1.48. The number of benzene rings is 1. The molecule has 1 aromatic rings. The lowest BCUT2D eigenvalue weighted by molar-refractivity contribution is 0.0941. The summed E-state index contributed by atoms with van der Waals surface area (Å²) in [6.45, 7) is 1.72. The lowest BCUT2D eigenvalue weighted by atomic mass is 10.1. The van der Waals surface area contributed by atoms with Crippen molar-refractivity contribution in [1.82, 2.24) is 5.32 Å². The Labute approximate surface area is 105 Å². The zero-order chi connectivity index (χ0) is 12.1. The van der Waals surface area contributed by atoms with Crippen molar-refractivity contribution in [3.05, 3.63) is 29.3 Å². The maximum absolute atomic E-state index is 11.6. The lowest BCUT2D eigenvalue weighted by Gasteiger charge is -2.22. The second-order valence-electron chi connectivity index (χ2n) is 4.01. The first-order valence-electron chi connectivity index (χ1n) is 5.68. The number of carbonyl (C=O) groups excluding carboxylic acids is 1. The minimum absolute atomic E-state index is 0.0389. The average Bonchev–Trinajstić information content (AvgIpc) is 2.30. The molecule has 2 rings (SSSR count). The molecule has 1 saturated heterocycles. The van der Waals surface area contributed by atoms with E-state index >= 15 is 0 Å². The highest BCUT2D eigenvalue weighted by Gasteiger charge is 2.17. The van der Waals surface area contributed by atoms with Crippen molar-refractivity contribution in [2.24, 2.45) is 0 Å². The van der Waals surface area contributed by atoms with Crippen LogP contribution in [0, 0.1) is 0 Å². The molecule has 5 heteroatoms. The first kappa shape index (κ1) is 12.2. The van der Waals surface area contributed by atoms with Crippen LogP contribution in [0.2, 0.25) is 5.02 Å². The number of piperidine rings is 1. The van der Waals surface area contributed by atoms with Crippen LogP contribution in [0.25, 0.3) is 0 Å². The summed E-state index contributed by atoms with van der Waals surface area (Å²) in [6, 6.07) is 6.98. The highest BCUT2D eigenvalue weighted by Crippen LogP contribution is 2.15. The van der Waals surface area contributed by atoms with Crippen molar-refractivity contribution in [2.75, 3.05) is 18.4 Å². The zero-order valence-electron chi connectivity index (χ0n) is 9.41. The fourth-order valence-corrected chi connectivity index (χ4v) is 1.98. The summed E-state index contributed by atoms with van der Waals surface area (Å²) in [5.74, 6) is 0. The summed E-state index contributed by atoms with van der Waals surface area (Å²) in [4.78, 5) is 11.6. The molecule has 0 saturated carbocycles. The van der Waals surface area contributed by atoms with Gasteiger partial charge >= 0.3 is 6.09 Å². The van der Waals surface area contributed by atoms with Crippen LogP contribution >= 0.6 is 11.6 Å². The van der Waals surface area contributed by atoms with Crippen molar-refractivity contribution >= 4 is 23.4 Å². The second-order valence-corrected chi connectivity index (χ2v) is 4.45. The number of anilines is 1. The van der Waals surface area contributed by atoms with Crippen LogP contribution in [0.4, 0.5) is 10.5 Å². The van der Waals surface area contributed by atoms with Gasteiger partial charge in [0.15, 0.2) is 0 Å².